The molecule has 0 amide bonds. The molecule has 3 atom stereocenters. The summed E-state index contributed by atoms with van der Waals surface area (Å²) in [7, 11) is 4.46. The summed E-state index contributed by atoms with van der Waals surface area (Å²) in [5.74, 6) is 0.687. The van der Waals surface area contributed by atoms with Crippen molar-refractivity contribution < 1.29 is 4.52 Å². The van der Waals surface area contributed by atoms with E-state index in [1.54, 1.807) is 0 Å². The van der Waals surface area contributed by atoms with Crippen LogP contribution in [0.1, 0.15) is 6.92 Å². The zero-order valence-corrected chi connectivity index (χ0v) is 7.16. The molecule has 0 bridgehead atoms. The average molecular weight is 147 g/mol. The molecule has 0 radical (unpaired) electrons. The van der Waals surface area contributed by atoms with Crippen molar-refractivity contribution in [3.63, 3.8) is 0 Å². The molecule has 3 unspecified atom stereocenters. The van der Waals surface area contributed by atoms with E-state index >= 15 is 0 Å². The van der Waals surface area contributed by atoms with Crippen molar-refractivity contribution in [3.05, 3.63) is 0 Å². The second kappa shape index (κ2) is 2.96. The Morgan fingerprint density at radius 2 is 2.22 bits per heavy atom. The molecule has 1 aliphatic heterocycles. The second-order valence-corrected chi connectivity index (χ2v) is 3.15. The molecule has 0 N–H and O–H groups in total. The van der Waals surface area contributed by atoms with Crippen molar-refractivity contribution in [1.29, 1.82) is 0 Å². The highest BCUT2D eigenvalue weighted by atomic mass is 31.0. The molecule has 0 saturated carbocycles. The van der Waals surface area contributed by atoms with Gasteiger partial charge in [-0.3, -0.25) is 0 Å². The number of rotatable bonds is 1. The molecule has 0 aromatic rings. The summed E-state index contributed by atoms with van der Waals surface area (Å²) in [6.45, 7) is 4.46. The Balaban J connectivity index is 2.38. The lowest BCUT2D eigenvalue weighted by Crippen LogP contribution is -2.17. The fraction of sp³-hybridized carbons (Fsp3) is 1.00. The summed E-state index contributed by atoms with van der Waals surface area (Å²) in [4.78, 5) is 2.29. The summed E-state index contributed by atoms with van der Waals surface area (Å²) >= 11 is 0. The molecule has 1 rings (SSSR count). The van der Waals surface area contributed by atoms with Crippen LogP contribution in [0.4, 0.5) is 0 Å². The predicted molar refractivity (Wildman–Crippen MR) is 41.2 cm³/mol. The molecule has 0 spiro atoms. The van der Waals surface area contributed by atoms with Crippen LogP contribution in [0.2, 0.25) is 0 Å². The van der Waals surface area contributed by atoms with Crippen molar-refractivity contribution in [3.8, 4) is 0 Å². The van der Waals surface area contributed by atoms with Gasteiger partial charge < -0.3 is 9.42 Å². The van der Waals surface area contributed by atoms with Gasteiger partial charge in [-0.15, -0.1) is 0 Å². The normalized spacial score (nSPS) is 37.7. The Hall–Kier alpha value is 0.350. The van der Waals surface area contributed by atoms with Gasteiger partial charge in [0, 0.05) is 22.6 Å². The quantitative estimate of drug-likeness (QED) is 0.507. The van der Waals surface area contributed by atoms with Crippen molar-refractivity contribution in [2.45, 2.75) is 13.0 Å². The van der Waals surface area contributed by atoms with E-state index in [9.17, 15) is 0 Å². The molecule has 9 heavy (non-hydrogen) atoms. The van der Waals surface area contributed by atoms with Gasteiger partial charge in [-0.05, 0) is 13.0 Å². The highest BCUT2D eigenvalue weighted by Gasteiger charge is 2.26. The van der Waals surface area contributed by atoms with Gasteiger partial charge in [0.25, 0.3) is 0 Å². The maximum Gasteiger partial charge on any atom is 0.0775 e. The third kappa shape index (κ3) is 1.64. The molecule has 54 valence electrons. The highest BCUT2D eigenvalue weighted by Crippen LogP contribution is 2.19. The van der Waals surface area contributed by atoms with Crippen LogP contribution < -0.4 is 0 Å². The SMILES string of the molecule is CC1CN(C)CC1OP. The van der Waals surface area contributed by atoms with Crippen LogP contribution in [0.3, 0.4) is 0 Å². The maximum absolute atomic E-state index is 5.17. The predicted octanol–water partition coefficient (Wildman–Crippen LogP) is 0.743. The van der Waals surface area contributed by atoms with Crippen LogP contribution in [0.5, 0.6) is 0 Å². The van der Waals surface area contributed by atoms with Gasteiger partial charge in [0.15, 0.2) is 0 Å². The Morgan fingerprint density at radius 3 is 2.44 bits per heavy atom. The van der Waals surface area contributed by atoms with Crippen LogP contribution >= 0.6 is 9.47 Å². The first kappa shape index (κ1) is 7.46. The molecular formula is C6H14NOP. The van der Waals surface area contributed by atoms with Crippen LogP contribution in [0.25, 0.3) is 0 Å². The third-order valence-electron chi connectivity index (χ3n) is 1.90. The summed E-state index contributed by atoms with van der Waals surface area (Å²) in [5.41, 5.74) is 0. The summed E-state index contributed by atoms with van der Waals surface area (Å²) in [5, 5.41) is 0. The van der Waals surface area contributed by atoms with Gasteiger partial charge in [0.2, 0.25) is 0 Å². The minimum atomic E-state index is 0.431. The van der Waals surface area contributed by atoms with E-state index < -0.39 is 0 Å². The molecule has 0 aromatic heterocycles. The van der Waals surface area contributed by atoms with Gasteiger partial charge in [-0.1, -0.05) is 6.92 Å². The average Bonchev–Trinajstić information content (AvgIpc) is 2.10. The summed E-state index contributed by atoms with van der Waals surface area (Å²) in [6, 6.07) is 0. The minimum Gasteiger partial charge on any atom is -0.361 e. The van der Waals surface area contributed by atoms with Gasteiger partial charge in [-0.2, -0.15) is 0 Å². The molecule has 0 aliphatic carbocycles. The van der Waals surface area contributed by atoms with E-state index in [2.05, 4.69) is 28.3 Å². The van der Waals surface area contributed by atoms with E-state index in [1.165, 1.54) is 6.54 Å². The summed E-state index contributed by atoms with van der Waals surface area (Å²) in [6.07, 6.45) is 0.431. The van der Waals surface area contributed by atoms with Crippen molar-refractivity contribution in [1.82, 2.24) is 4.90 Å². The highest BCUT2D eigenvalue weighted by molar-refractivity contribution is 7.09. The smallest absolute Gasteiger partial charge is 0.0775 e. The lowest BCUT2D eigenvalue weighted by Gasteiger charge is -2.09. The number of likely N-dealkylation sites (N-methyl/N-ethyl adjacent to an activating group) is 1. The number of hydrogen-bond acceptors (Lipinski definition) is 2. The van der Waals surface area contributed by atoms with E-state index in [0.717, 1.165) is 6.54 Å². The zero-order valence-electron chi connectivity index (χ0n) is 6.00. The topological polar surface area (TPSA) is 12.5 Å². The molecule has 3 heteroatoms. The molecule has 0 aromatic carbocycles. The first-order chi connectivity index (χ1) is 4.24. The zero-order chi connectivity index (χ0) is 6.85. The standard InChI is InChI=1S/C6H14NOP/c1-5-3-7(2)4-6(5)8-9/h5-6H,3-4,9H2,1-2H3. The van der Waals surface area contributed by atoms with Crippen LogP contribution in [0.15, 0.2) is 0 Å². The van der Waals surface area contributed by atoms with Gasteiger partial charge in [-0.25, -0.2) is 0 Å². The number of likely N-dealkylation sites (tertiary alicyclic amines) is 1. The van der Waals surface area contributed by atoms with Crippen molar-refractivity contribution in [2.75, 3.05) is 20.1 Å². The lowest BCUT2D eigenvalue weighted by molar-refractivity contribution is 0.210. The van der Waals surface area contributed by atoms with Crippen LogP contribution in [0, 0.1) is 5.92 Å². The van der Waals surface area contributed by atoms with Gasteiger partial charge >= 0.3 is 0 Å². The molecular weight excluding hydrogens is 133 g/mol. The Labute approximate surface area is 58.8 Å². The van der Waals surface area contributed by atoms with Gasteiger partial charge in [0.05, 0.1) is 6.10 Å². The van der Waals surface area contributed by atoms with E-state index in [0.29, 0.717) is 12.0 Å². The fourth-order valence-corrected chi connectivity index (χ4v) is 1.70. The van der Waals surface area contributed by atoms with Crippen molar-refractivity contribution >= 4 is 9.47 Å². The summed E-state index contributed by atoms with van der Waals surface area (Å²) < 4.78 is 5.17. The Bertz CT molecular complexity index is 99.1. The largest absolute Gasteiger partial charge is 0.361 e. The van der Waals surface area contributed by atoms with E-state index in [4.69, 9.17) is 4.52 Å². The Kier molecular flexibility index (Phi) is 2.45. The van der Waals surface area contributed by atoms with Crippen LogP contribution in [-0.2, 0) is 4.52 Å². The third-order valence-corrected chi connectivity index (χ3v) is 2.25. The molecule has 2 nitrogen and oxygen atoms in total. The molecule has 1 heterocycles. The van der Waals surface area contributed by atoms with Crippen LogP contribution in [-0.4, -0.2) is 31.1 Å². The molecule has 1 aliphatic rings. The fourth-order valence-electron chi connectivity index (χ4n) is 1.35. The minimum absolute atomic E-state index is 0.431. The first-order valence-electron chi connectivity index (χ1n) is 3.28. The first-order valence-corrected chi connectivity index (χ1v) is 3.75. The number of nitrogens with zero attached hydrogens (tertiary/aromatic N) is 1. The van der Waals surface area contributed by atoms with E-state index in [1.807, 2.05) is 0 Å². The van der Waals surface area contributed by atoms with Gasteiger partial charge in [0.1, 0.15) is 0 Å². The Morgan fingerprint density at radius 1 is 1.56 bits per heavy atom. The monoisotopic (exact) mass is 147 g/mol. The number of hydrogen-bond donors (Lipinski definition) is 0. The van der Waals surface area contributed by atoms with E-state index in [-0.39, 0.29) is 0 Å². The maximum atomic E-state index is 5.17. The molecule has 1 saturated heterocycles. The second-order valence-electron chi connectivity index (χ2n) is 2.87. The lowest BCUT2D eigenvalue weighted by atomic mass is 10.1. The van der Waals surface area contributed by atoms with Crippen molar-refractivity contribution in [2.24, 2.45) is 5.92 Å². The molecule has 1 fully saturated rings.